The van der Waals surface area contributed by atoms with Crippen LogP contribution in [0.2, 0.25) is 0 Å². The molecule has 6 atom stereocenters. The first-order valence-electron chi connectivity index (χ1n) is 13.2. The van der Waals surface area contributed by atoms with E-state index in [0.717, 1.165) is 48.3 Å². The highest BCUT2D eigenvalue weighted by Gasteiger charge is 2.60. The normalized spacial score (nSPS) is 29.7. The first-order valence-corrected chi connectivity index (χ1v) is 13.2. The molecule has 4 aromatic rings. The average Bonchev–Trinajstić information content (AvgIpc) is 3.28. The maximum atomic E-state index is 2.61. The molecule has 1 unspecified atom stereocenters. The quantitative estimate of drug-likeness (QED) is 0.287. The predicted molar refractivity (Wildman–Crippen MR) is 140 cm³/mol. The Kier molecular flexibility index (Phi) is 4.33. The Balaban J connectivity index is 1.33. The van der Waals surface area contributed by atoms with Gasteiger partial charge in [-0.25, -0.2) is 0 Å². The molecule has 3 aliphatic rings. The van der Waals surface area contributed by atoms with E-state index in [9.17, 15) is 0 Å². The Bertz CT molecular complexity index is 1330. The van der Waals surface area contributed by atoms with Crippen molar-refractivity contribution in [2.24, 2.45) is 29.6 Å². The van der Waals surface area contributed by atoms with Crippen molar-refractivity contribution in [2.45, 2.75) is 52.4 Å². The Morgan fingerprint density at radius 2 is 1.39 bits per heavy atom. The van der Waals surface area contributed by atoms with Crippen LogP contribution in [-0.2, 0) is 19.3 Å². The van der Waals surface area contributed by atoms with Crippen molar-refractivity contribution in [3.8, 4) is 0 Å². The molecule has 0 aromatic heterocycles. The summed E-state index contributed by atoms with van der Waals surface area (Å²) >= 11 is 0. The lowest BCUT2D eigenvalue weighted by Gasteiger charge is -2.47. The van der Waals surface area contributed by atoms with Crippen LogP contribution < -0.4 is 0 Å². The molecule has 0 heterocycles. The van der Waals surface area contributed by atoms with Crippen molar-refractivity contribution in [3.05, 3.63) is 94.5 Å². The maximum Gasteiger partial charge on any atom is -0.00133 e. The summed E-state index contributed by atoms with van der Waals surface area (Å²) in [6.45, 7) is 7.31. The number of aryl methyl sites for hydroxylation is 1. The Morgan fingerprint density at radius 1 is 0.758 bits per heavy atom. The molecule has 2 fully saturated rings. The smallest absolute Gasteiger partial charge is 0.00133 e. The van der Waals surface area contributed by atoms with E-state index >= 15 is 0 Å². The highest BCUT2D eigenvalue weighted by molar-refractivity contribution is 6.06. The van der Waals surface area contributed by atoms with E-state index in [1.54, 1.807) is 11.1 Å². The summed E-state index contributed by atoms with van der Waals surface area (Å²) in [5.74, 6) is 5.52. The highest BCUT2D eigenvalue weighted by atomic mass is 14.6. The lowest BCUT2D eigenvalue weighted by atomic mass is 9.57. The fourth-order valence-electron chi connectivity index (χ4n) is 8.39. The van der Waals surface area contributed by atoms with Crippen LogP contribution in [0.5, 0.6) is 0 Å². The van der Waals surface area contributed by atoms with Gasteiger partial charge in [-0.3, -0.25) is 0 Å². The Labute approximate surface area is 198 Å². The van der Waals surface area contributed by atoms with Gasteiger partial charge in [0.2, 0.25) is 0 Å². The summed E-state index contributed by atoms with van der Waals surface area (Å²) < 4.78 is 0. The third-order valence-electron chi connectivity index (χ3n) is 9.97. The van der Waals surface area contributed by atoms with Crippen molar-refractivity contribution in [2.75, 3.05) is 0 Å². The molecule has 0 spiro atoms. The molecule has 0 saturated heterocycles. The van der Waals surface area contributed by atoms with Crippen LogP contribution in [0.1, 0.15) is 60.9 Å². The zero-order valence-corrected chi connectivity index (χ0v) is 20.1. The molecule has 166 valence electrons. The van der Waals surface area contributed by atoms with Crippen molar-refractivity contribution in [3.63, 3.8) is 0 Å². The predicted octanol–water partition coefficient (Wildman–Crippen LogP) is 8.32. The maximum absolute atomic E-state index is 2.61. The summed E-state index contributed by atoms with van der Waals surface area (Å²) in [5, 5.41) is 5.75. The number of benzene rings is 4. The molecule has 4 aromatic carbocycles. The average molecular weight is 431 g/mol. The van der Waals surface area contributed by atoms with Crippen LogP contribution in [0.25, 0.3) is 21.5 Å². The molecular formula is C33H34. The topological polar surface area (TPSA) is 0 Å². The molecule has 0 bridgehead atoms. The van der Waals surface area contributed by atoms with E-state index in [1.165, 1.54) is 51.1 Å². The van der Waals surface area contributed by atoms with Gasteiger partial charge in [-0.2, -0.15) is 0 Å². The van der Waals surface area contributed by atoms with Crippen LogP contribution >= 0.6 is 0 Å². The Hall–Kier alpha value is -2.60. The van der Waals surface area contributed by atoms with Crippen molar-refractivity contribution >= 4 is 21.5 Å². The fraction of sp³-hybridized carbons (Fsp3) is 0.394. The molecular weight excluding hydrogens is 396 g/mol. The van der Waals surface area contributed by atoms with Crippen LogP contribution in [0.15, 0.2) is 66.7 Å². The molecule has 2 saturated carbocycles. The number of hydrogen-bond acceptors (Lipinski definition) is 0. The number of hydrogen-bond donors (Lipinski definition) is 0. The second-order valence-electron chi connectivity index (χ2n) is 11.3. The summed E-state index contributed by atoms with van der Waals surface area (Å²) in [6, 6.07) is 25.7. The van der Waals surface area contributed by atoms with E-state index in [2.05, 4.69) is 87.5 Å². The zero-order valence-electron chi connectivity index (χ0n) is 20.1. The summed E-state index contributed by atoms with van der Waals surface area (Å²) in [4.78, 5) is 0. The molecule has 33 heavy (non-hydrogen) atoms. The van der Waals surface area contributed by atoms with Crippen molar-refractivity contribution in [1.82, 2.24) is 0 Å². The molecule has 0 heteroatoms. The molecule has 3 aliphatic carbocycles. The van der Waals surface area contributed by atoms with Crippen LogP contribution in [0.3, 0.4) is 0 Å². The molecule has 0 N–H and O–H groups in total. The summed E-state index contributed by atoms with van der Waals surface area (Å²) in [5.41, 5.74) is 7.85. The second kappa shape index (κ2) is 7.20. The van der Waals surface area contributed by atoms with Gasteiger partial charge in [0.1, 0.15) is 0 Å². The van der Waals surface area contributed by atoms with Gasteiger partial charge in [-0.15, -0.1) is 0 Å². The number of rotatable bonds is 3. The largest absolute Gasteiger partial charge is 0.0622 e. The molecule has 0 amide bonds. The number of fused-ring (bicyclic) bond motifs is 8. The van der Waals surface area contributed by atoms with Crippen molar-refractivity contribution in [1.29, 1.82) is 0 Å². The van der Waals surface area contributed by atoms with E-state index in [1.807, 2.05) is 0 Å². The Morgan fingerprint density at radius 3 is 2.03 bits per heavy atom. The van der Waals surface area contributed by atoms with E-state index in [-0.39, 0.29) is 0 Å². The monoisotopic (exact) mass is 430 g/mol. The van der Waals surface area contributed by atoms with Crippen LogP contribution in [0, 0.1) is 29.6 Å². The highest BCUT2D eigenvalue weighted by Crippen LogP contribution is 2.67. The van der Waals surface area contributed by atoms with Gasteiger partial charge in [0, 0.05) is 0 Å². The van der Waals surface area contributed by atoms with Gasteiger partial charge in [0.15, 0.2) is 0 Å². The van der Waals surface area contributed by atoms with Gasteiger partial charge < -0.3 is 0 Å². The van der Waals surface area contributed by atoms with E-state index in [0.29, 0.717) is 0 Å². The lowest BCUT2D eigenvalue weighted by Crippen LogP contribution is -2.41. The first-order chi connectivity index (χ1) is 16.2. The molecule has 0 radical (unpaired) electrons. The standard InChI is InChI=1S/C33H34/c1-4-23-24-9-5-7-11-26(24)29(27-12-8-6-10-25(23)27)17-21-13-14-22-18-31-32-20(3)19(2)15-30(32)33(31)28(22)16-21/h5-14,16,19-20,30-33H,4,15,17-18H2,1-3H3/t19-,20-,30+,31?,32-,33+/m1/s1. The zero-order chi connectivity index (χ0) is 22.3. The third kappa shape index (κ3) is 2.70. The minimum atomic E-state index is 0.841. The fourth-order valence-corrected chi connectivity index (χ4v) is 8.39. The van der Waals surface area contributed by atoms with Gasteiger partial charge in [-0.05, 0) is 111 Å². The molecule has 0 aliphatic heterocycles. The molecule has 7 rings (SSSR count). The first kappa shape index (κ1) is 19.8. The van der Waals surface area contributed by atoms with E-state index < -0.39 is 0 Å². The SMILES string of the molecule is CCc1c2ccccc2c(Cc2ccc3c(c2)[C@@H]2C(C3)[C@@H]3[C@H](C)[C@H](C)C[C@@H]32)c2ccccc12. The van der Waals surface area contributed by atoms with Crippen LogP contribution in [0.4, 0.5) is 0 Å². The minimum Gasteiger partial charge on any atom is -0.0622 e. The molecule has 0 nitrogen and oxygen atoms in total. The van der Waals surface area contributed by atoms with Gasteiger partial charge in [0.05, 0.1) is 0 Å². The van der Waals surface area contributed by atoms with Gasteiger partial charge >= 0.3 is 0 Å². The summed E-state index contributed by atoms with van der Waals surface area (Å²) in [6.07, 6.45) is 4.87. The minimum absolute atomic E-state index is 0.841. The lowest BCUT2D eigenvalue weighted by molar-refractivity contribution is 0.0482. The third-order valence-corrected chi connectivity index (χ3v) is 9.97. The van der Waals surface area contributed by atoms with Crippen molar-refractivity contribution < 1.29 is 0 Å². The van der Waals surface area contributed by atoms with Gasteiger partial charge in [0.25, 0.3) is 0 Å². The van der Waals surface area contributed by atoms with E-state index in [4.69, 9.17) is 0 Å². The summed E-state index contributed by atoms with van der Waals surface area (Å²) in [7, 11) is 0. The second-order valence-corrected chi connectivity index (χ2v) is 11.3. The van der Waals surface area contributed by atoms with Crippen LogP contribution in [-0.4, -0.2) is 0 Å². The van der Waals surface area contributed by atoms with Gasteiger partial charge in [-0.1, -0.05) is 87.5 Å².